The van der Waals surface area contributed by atoms with Gasteiger partial charge in [0.25, 0.3) is 0 Å². The number of ether oxygens (including phenoxy) is 1. The van der Waals surface area contributed by atoms with Gasteiger partial charge in [-0.3, -0.25) is 0 Å². The largest absolute Gasteiger partial charge is 0.495 e. The second-order valence-electron chi connectivity index (χ2n) is 3.76. The van der Waals surface area contributed by atoms with E-state index < -0.39 is 10.0 Å². The molecule has 0 saturated carbocycles. The molecular formula is C11H17ClN2O3S. The van der Waals surface area contributed by atoms with Crippen molar-refractivity contribution in [3.63, 3.8) is 0 Å². The van der Waals surface area contributed by atoms with Crippen molar-refractivity contribution in [1.82, 2.24) is 4.72 Å². The van der Waals surface area contributed by atoms with Crippen LogP contribution in [0.15, 0.2) is 23.1 Å². The average Bonchev–Trinajstić information content (AvgIpc) is 2.36. The van der Waals surface area contributed by atoms with Crippen molar-refractivity contribution >= 4 is 21.6 Å². The Bertz CT molecular complexity index is 501. The van der Waals surface area contributed by atoms with Gasteiger partial charge in [0.05, 0.1) is 7.11 Å². The van der Waals surface area contributed by atoms with Gasteiger partial charge in [-0.1, -0.05) is 18.5 Å². The summed E-state index contributed by atoms with van der Waals surface area (Å²) in [5, 5.41) is 0.331. The van der Waals surface area contributed by atoms with Gasteiger partial charge in [0.15, 0.2) is 0 Å². The van der Waals surface area contributed by atoms with Crippen LogP contribution >= 0.6 is 11.6 Å². The van der Waals surface area contributed by atoms with Gasteiger partial charge < -0.3 is 10.5 Å². The molecule has 0 bridgehead atoms. The molecule has 0 heterocycles. The summed E-state index contributed by atoms with van der Waals surface area (Å²) in [5.41, 5.74) is 5.48. The van der Waals surface area contributed by atoms with E-state index in [1.54, 1.807) is 6.07 Å². The van der Waals surface area contributed by atoms with E-state index in [0.717, 1.165) is 0 Å². The Labute approximate surface area is 112 Å². The average molecular weight is 293 g/mol. The molecule has 1 unspecified atom stereocenters. The first-order valence-corrected chi connectivity index (χ1v) is 7.36. The third-order valence-electron chi connectivity index (χ3n) is 2.51. The predicted molar refractivity (Wildman–Crippen MR) is 71.5 cm³/mol. The maximum atomic E-state index is 12.2. The van der Waals surface area contributed by atoms with Crippen molar-refractivity contribution in [1.29, 1.82) is 0 Å². The standard InChI is InChI=1S/C11H17ClN2O3S/c1-3-9(7-13)14-18(15,16)11-6-8(12)4-5-10(11)17-2/h4-6,9,14H,3,7,13H2,1-2H3. The molecular weight excluding hydrogens is 276 g/mol. The Morgan fingerprint density at radius 1 is 1.50 bits per heavy atom. The lowest BCUT2D eigenvalue weighted by molar-refractivity contribution is 0.402. The second kappa shape index (κ2) is 6.38. The molecule has 3 N–H and O–H groups in total. The fraction of sp³-hybridized carbons (Fsp3) is 0.455. The van der Waals surface area contributed by atoms with Crippen LogP contribution in [0.2, 0.25) is 5.02 Å². The molecule has 7 heteroatoms. The molecule has 1 atom stereocenters. The number of nitrogens with one attached hydrogen (secondary N) is 1. The molecule has 18 heavy (non-hydrogen) atoms. The number of methoxy groups -OCH3 is 1. The summed E-state index contributed by atoms with van der Waals surface area (Å²) in [7, 11) is -2.28. The minimum Gasteiger partial charge on any atom is -0.495 e. The van der Waals surface area contributed by atoms with Crippen molar-refractivity contribution in [3.8, 4) is 5.75 Å². The molecule has 0 radical (unpaired) electrons. The lowest BCUT2D eigenvalue weighted by atomic mass is 10.2. The molecule has 102 valence electrons. The van der Waals surface area contributed by atoms with Crippen molar-refractivity contribution in [3.05, 3.63) is 23.2 Å². The van der Waals surface area contributed by atoms with Crippen LogP contribution in [0.4, 0.5) is 0 Å². The molecule has 1 aromatic rings. The zero-order valence-corrected chi connectivity index (χ0v) is 11.9. The van der Waals surface area contributed by atoms with Crippen LogP contribution in [-0.4, -0.2) is 28.1 Å². The highest BCUT2D eigenvalue weighted by Gasteiger charge is 2.22. The zero-order chi connectivity index (χ0) is 13.8. The number of benzene rings is 1. The van der Waals surface area contributed by atoms with Crippen molar-refractivity contribution < 1.29 is 13.2 Å². The van der Waals surface area contributed by atoms with Gasteiger partial charge in [0.2, 0.25) is 10.0 Å². The van der Waals surface area contributed by atoms with Crippen LogP contribution in [0.1, 0.15) is 13.3 Å². The normalized spacial score (nSPS) is 13.3. The van der Waals surface area contributed by atoms with E-state index in [9.17, 15) is 8.42 Å². The minimum absolute atomic E-state index is 0.0180. The van der Waals surface area contributed by atoms with Gasteiger partial charge in [-0.25, -0.2) is 13.1 Å². The van der Waals surface area contributed by atoms with E-state index in [2.05, 4.69) is 4.72 Å². The molecule has 5 nitrogen and oxygen atoms in total. The fourth-order valence-electron chi connectivity index (χ4n) is 1.44. The third-order valence-corrected chi connectivity index (χ3v) is 4.29. The lowest BCUT2D eigenvalue weighted by Gasteiger charge is -2.16. The SMILES string of the molecule is CCC(CN)NS(=O)(=O)c1cc(Cl)ccc1OC. The maximum absolute atomic E-state index is 12.2. The smallest absolute Gasteiger partial charge is 0.244 e. The molecule has 0 aromatic heterocycles. The van der Waals surface area contributed by atoms with Gasteiger partial charge in [0.1, 0.15) is 10.6 Å². The molecule has 0 aliphatic rings. The Morgan fingerprint density at radius 3 is 2.67 bits per heavy atom. The summed E-state index contributed by atoms with van der Waals surface area (Å²) < 4.78 is 31.9. The summed E-state index contributed by atoms with van der Waals surface area (Å²) in [5.74, 6) is 0.249. The maximum Gasteiger partial charge on any atom is 0.244 e. The van der Waals surface area contributed by atoms with E-state index >= 15 is 0 Å². The molecule has 1 aromatic carbocycles. The van der Waals surface area contributed by atoms with E-state index in [1.165, 1.54) is 19.2 Å². The fourth-order valence-corrected chi connectivity index (χ4v) is 3.21. The van der Waals surface area contributed by atoms with Gasteiger partial charge in [-0.05, 0) is 24.6 Å². The van der Waals surface area contributed by atoms with Crippen molar-refractivity contribution in [2.75, 3.05) is 13.7 Å². The molecule has 0 amide bonds. The highest BCUT2D eigenvalue weighted by atomic mass is 35.5. The van der Waals surface area contributed by atoms with E-state index in [1.807, 2.05) is 6.92 Å². The topological polar surface area (TPSA) is 81.4 Å². The molecule has 0 aliphatic heterocycles. The molecule has 0 aliphatic carbocycles. The van der Waals surface area contributed by atoms with Crippen LogP contribution in [0, 0.1) is 0 Å². The Kier molecular flexibility index (Phi) is 5.40. The van der Waals surface area contributed by atoms with Crippen LogP contribution < -0.4 is 15.2 Å². The minimum atomic E-state index is -3.69. The van der Waals surface area contributed by atoms with Gasteiger partial charge >= 0.3 is 0 Å². The number of hydrogen-bond acceptors (Lipinski definition) is 4. The number of hydrogen-bond donors (Lipinski definition) is 2. The van der Waals surface area contributed by atoms with Crippen molar-refractivity contribution in [2.45, 2.75) is 24.3 Å². The number of sulfonamides is 1. The van der Waals surface area contributed by atoms with Crippen LogP contribution in [0.25, 0.3) is 0 Å². The van der Waals surface area contributed by atoms with Gasteiger partial charge in [0, 0.05) is 17.6 Å². The highest BCUT2D eigenvalue weighted by molar-refractivity contribution is 7.89. The zero-order valence-electron chi connectivity index (χ0n) is 10.3. The van der Waals surface area contributed by atoms with E-state index in [-0.39, 0.29) is 23.2 Å². The first-order valence-electron chi connectivity index (χ1n) is 5.50. The summed E-state index contributed by atoms with van der Waals surface area (Å²) in [6, 6.07) is 4.13. The predicted octanol–water partition coefficient (Wildman–Crippen LogP) is 1.36. The van der Waals surface area contributed by atoms with Crippen LogP contribution in [0.3, 0.4) is 0 Å². The number of halogens is 1. The summed E-state index contributed by atoms with van der Waals surface area (Å²) in [4.78, 5) is 0.0180. The summed E-state index contributed by atoms with van der Waals surface area (Å²) in [6.07, 6.45) is 0.610. The van der Waals surface area contributed by atoms with Crippen LogP contribution in [-0.2, 0) is 10.0 Å². The van der Waals surface area contributed by atoms with E-state index in [0.29, 0.717) is 11.4 Å². The first-order chi connectivity index (χ1) is 8.44. The Balaban J connectivity index is 3.15. The van der Waals surface area contributed by atoms with Crippen LogP contribution in [0.5, 0.6) is 5.75 Å². The molecule has 0 saturated heterocycles. The van der Waals surface area contributed by atoms with Gasteiger partial charge in [-0.15, -0.1) is 0 Å². The number of rotatable bonds is 6. The van der Waals surface area contributed by atoms with Gasteiger partial charge in [-0.2, -0.15) is 0 Å². The third kappa shape index (κ3) is 3.58. The summed E-state index contributed by atoms with van der Waals surface area (Å²) >= 11 is 5.81. The van der Waals surface area contributed by atoms with Crippen molar-refractivity contribution in [2.24, 2.45) is 5.73 Å². The first kappa shape index (κ1) is 15.2. The lowest BCUT2D eigenvalue weighted by Crippen LogP contribution is -2.39. The summed E-state index contributed by atoms with van der Waals surface area (Å²) in [6.45, 7) is 2.09. The number of nitrogens with two attached hydrogens (primary N) is 1. The molecule has 0 spiro atoms. The molecule has 1 rings (SSSR count). The second-order valence-corrected chi connectivity index (χ2v) is 5.88. The Hall–Kier alpha value is -0.820. The quantitative estimate of drug-likeness (QED) is 0.829. The van der Waals surface area contributed by atoms with E-state index in [4.69, 9.17) is 22.1 Å². The molecule has 0 fully saturated rings. The highest BCUT2D eigenvalue weighted by Crippen LogP contribution is 2.27. The Morgan fingerprint density at radius 2 is 2.17 bits per heavy atom. The monoisotopic (exact) mass is 292 g/mol.